The van der Waals surface area contributed by atoms with E-state index in [2.05, 4.69) is 46.5 Å². The van der Waals surface area contributed by atoms with Crippen LogP contribution >= 0.6 is 0 Å². The molecule has 1 unspecified atom stereocenters. The van der Waals surface area contributed by atoms with Crippen molar-refractivity contribution < 1.29 is 4.57 Å². The summed E-state index contributed by atoms with van der Waals surface area (Å²) in [5, 5.41) is 0. The molecule has 0 N–H and O–H groups in total. The van der Waals surface area contributed by atoms with Gasteiger partial charge in [-0.2, -0.15) is 0 Å². The van der Waals surface area contributed by atoms with Gasteiger partial charge in [-0.25, -0.2) is 14.5 Å². The predicted octanol–water partition coefficient (Wildman–Crippen LogP) is 2.39. The molecule has 0 aromatic carbocycles. The van der Waals surface area contributed by atoms with Gasteiger partial charge in [-0.1, -0.05) is 25.8 Å². The number of rotatable bonds is 4. The first kappa shape index (κ1) is 13.6. The van der Waals surface area contributed by atoms with Crippen LogP contribution in [0, 0.1) is 6.92 Å². The van der Waals surface area contributed by atoms with Gasteiger partial charge < -0.3 is 0 Å². The van der Waals surface area contributed by atoms with Gasteiger partial charge in [0.05, 0.1) is 12.7 Å². The van der Waals surface area contributed by atoms with E-state index in [1.54, 1.807) is 0 Å². The van der Waals surface area contributed by atoms with Gasteiger partial charge in [0.25, 0.3) is 6.33 Å². The molecule has 0 saturated carbocycles. The molecule has 0 bridgehead atoms. The van der Waals surface area contributed by atoms with Gasteiger partial charge >= 0.3 is 0 Å². The van der Waals surface area contributed by atoms with Gasteiger partial charge in [0.1, 0.15) is 12.0 Å². The van der Waals surface area contributed by atoms with Crippen LogP contribution in [0.2, 0.25) is 0 Å². The van der Waals surface area contributed by atoms with Crippen molar-refractivity contribution in [2.45, 2.75) is 46.1 Å². The normalized spacial score (nSPS) is 12.7. The highest BCUT2D eigenvalue weighted by Gasteiger charge is 2.12. The van der Waals surface area contributed by atoms with Crippen LogP contribution < -0.4 is 4.57 Å². The van der Waals surface area contributed by atoms with Crippen molar-refractivity contribution in [2.24, 2.45) is 0 Å². The van der Waals surface area contributed by atoms with E-state index >= 15 is 0 Å². The fraction of sp³-hybridized carbons (Fsp3) is 0.467. The minimum Gasteiger partial charge on any atom is -0.241 e. The van der Waals surface area contributed by atoms with E-state index in [0.717, 1.165) is 17.9 Å². The molecule has 2 aromatic rings. The maximum Gasteiger partial charge on any atom is 0.286 e. The van der Waals surface area contributed by atoms with Gasteiger partial charge in [0.15, 0.2) is 0 Å². The van der Waals surface area contributed by atoms with Crippen LogP contribution in [-0.2, 0) is 6.54 Å². The second kappa shape index (κ2) is 5.87. The largest absolute Gasteiger partial charge is 0.286 e. The maximum absolute atomic E-state index is 4.30. The van der Waals surface area contributed by atoms with E-state index in [1.807, 2.05) is 31.8 Å². The van der Waals surface area contributed by atoms with E-state index in [1.165, 1.54) is 5.56 Å². The molecule has 0 spiro atoms. The molecule has 19 heavy (non-hydrogen) atoms. The molecule has 4 heteroatoms. The van der Waals surface area contributed by atoms with Crippen LogP contribution in [0.1, 0.15) is 49.6 Å². The number of nitrogens with zero attached hydrogens (tertiary/aromatic N) is 4. The topological polar surface area (TPSA) is 42.5 Å². The number of hydrogen-bond acceptors (Lipinski definition) is 3. The first-order valence-corrected chi connectivity index (χ1v) is 6.68. The number of hydrogen-bond donors (Lipinski definition) is 0. The van der Waals surface area contributed by atoms with Gasteiger partial charge in [-0.05, 0) is 18.4 Å². The summed E-state index contributed by atoms with van der Waals surface area (Å²) in [7, 11) is 0. The molecule has 100 valence electrons. The third-order valence-electron chi connectivity index (χ3n) is 3.27. The third kappa shape index (κ3) is 3.56. The highest BCUT2D eigenvalue weighted by molar-refractivity contribution is 5.09. The predicted molar refractivity (Wildman–Crippen MR) is 73.7 cm³/mol. The maximum atomic E-state index is 4.30. The zero-order valence-corrected chi connectivity index (χ0v) is 12.0. The minimum absolute atomic E-state index is 0.370. The molecule has 2 heterocycles. The van der Waals surface area contributed by atoms with Gasteiger partial charge in [-0.15, -0.1) is 0 Å². The first-order valence-electron chi connectivity index (χ1n) is 6.68. The van der Waals surface area contributed by atoms with E-state index in [0.29, 0.717) is 11.8 Å². The summed E-state index contributed by atoms with van der Waals surface area (Å²) in [6.07, 6.45) is 9.79. The van der Waals surface area contributed by atoms with Crippen molar-refractivity contribution in [1.82, 2.24) is 15.0 Å². The van der Waals surface area contributed by atoms with E-state index in [-0.39, 0.29) is 0 Å². The van der Waals surface area contributed by atoms with Crippen molar-refractivity contribution in [2.75, 3.05) is 0 Å². The molecule has 1 atom stereocenters. The van der Waals surface area contributed by atoms with Crippen molar-refractivity contribution in [3.8, 4) is 0 Å². The van der Waals surface area contributed by atoms with Gasteiger partial charge in [0.2, 0.25) is 0 Å². The Morgan fingerprint density at radius 2 is 1.74 bits per heavy atom. The lowest BCUT2D eigenvalue weighted by Gasteiger charge is -2.10. The molecule has 0 amide bonds. The van der Waals surface area contributed by atoms with Crippen LogP contribution in [0.25, 0.3) is 0 Å². The summed E-state index contributed by atoms with van der Waals surface area (Å²) in [4.78, 5) is 12.8. The van der Waals surface area contributed by atoms with Gasteiger partial charge in [-0.3, -0.25) is 0 Å². The Balaban J connectivity index is 2.12. The second-order valence-electron chi connectivity index (χ2n) is 5.34. The SMILES string of the molecule is Cc1ncc(C(C)C[n+]2cncc(C(C)C)c2)cn1. The summed E-state index contributed by atoms with van der Waals surface area (Å²) in [6.45, 7) is 9.33. The Bertz CT molecular complexity index is 534. The summed E-state index contributed by atoms with van der Waals surface area (Å²) < 4.78 is 2.14. The molecule has 0 saturated heterocycles. The molecule has 2 rings (SSSR count). The average Bonchev–Trinajstić information content (AvgIpc) is 2.39. The standard InChI is InChI=1S/C15H21N4/c1-11(2)15-5-16-10-19(9-15)8-12(3)14-6-17-13(4)18-7-14/h5-7,9-12H,8H2,1-4H3/q+1. The van der Waals surface area contributed by atoms with E-state index < -0.39 is 0 Å². The minimum atomic E-state index is 0.370. The molecular weight excluding hydrogens is 236 g/mol. The molecule has 2 aromatic heterocycles. The lowest BCUT2D eigenvalue weighted by atomic mass is 10.0. The fourth-order valence-corrected chi connectivity index (χ4v) is 1.94. The second-order valence-corrected chi connectivity index (χ2v) is 5.34. The van der Waals surface area contributed by atoms with Crippen molar-refractivity contribution in [3.05, 3.63) is 48.1 Å². The van der Waals surface area contributed by atoms with Crippen LogP contribution in [0.5, 0.6) is 0 Å². The Hall–Kier alpha value is -1.84. The highest BCUT2D eigenvalue weighted by Crippen LogP contribution is 2.14. The van der Waals surface area contributed by atoms with Crippen LogP contribution in [-0.4, -0.2) is 15.0 Å². The van der Waals surface area contributed by atoms with Crippen LogP contribution in [0.4, 0.5) is 0 Å². The average molecular weight is 257 g/mol. The van der Waals surface area contributed by atoms with Crippen molar-refractivity contribution in [3.63, 3.8) is 0 Å². The Kier molecular flexibility index (Phi) is 4.20. The smallest absolute Gasteiger partial charge is 0.241 e. The molecular formula is C15H21N4+. The molecule has 0 aliphatic carbocycles. The lowest BCUT2D eigenvalue weighted by molar-refractivity contribution is -0.702. The number of aryl methyl sites for hydroxylation is 1. The summed E-state index contributed by atoms with van der Waals surface area (Å²) in [6, 6.07) is 0. The molecule has 0 aliphatic heterocycles. The number of aromatic nitrogens is 4. The first-order chi connectivity index (χ1) is 9.06. The van der Waals surface area contributed by atoms with Crippen LogP contribution in [0.3, 0.4) is 0 Å². The lowest BCUT2D eigenvalue weighted by Crippen LogP contribution is -2.36. The third-order valence-corrected chi connectivity index (χ3v) is 3.27. The van der Waals surface area contributed by atoms with E-state index in [9.17, 15) is 0 Å². The summed E-state index contributed by atoms with van der Waals surface area (Å²) in [5.41, 5.74) is 2.42. The molecule has 0 aliphatic rings. The summed E-state index contributed by atoms with van der Waals surface area (Å²) in [5.74, 6) is 1.68. The molecule has 0 radical (unpaired) electrons. The monoisotopic (exact) mass is 257 g/mol. The Morgan fingerprint density at radius 3 is 2.37 bits per heavy atom. The Morgan fingerprint density at radius 1 is 1.05 bits per heavy atom. The zero-order chi connectivity index (χ0) is 13.8. The zero-order valence-electron chi connectivity index (χ0n) is 12.0. The van der Waals surface area contributed by atoms with E-state index in [4.69, 9.17) is 0 Å². The van der Waals surface area contributed by atoms with Crippen molar-refractivity contribution in [1.29, 1.82) is 0 Å². The Labute approximate surface area is 114 Å². The summed E-state index contributed by atoms with van der Waals surface area (Å²) >= 11 is 0. The fourth-order valence-electron chi connectivity index (χ4n) is 1.94. The highest BCUT2D eigenvalue weighted by atomic mass is 15.0. The molecule has 4 nitrogen and oxygen atoms in total. The quantitative estimate of drug-likeness (QED) is 0.790. The van der Waals surface area contributed by atoms with Gasteiger partial charge in [0, 0.05) is 23.9 Å². The molecule has 0 fully saturated rings. The van der Waals surface area contributed by atoms with Crippen molar-refractivity contribution >= 4 is 0 Å². The van der Waals surface area contributed by atoms with Crippen LogP contribution in [0.15, 0.2) is 31.1 Å².